The zero-order chi connectivity index (χ0) is 8.32. The quantitative estimate of drug-likeness (QED) is 0.538. The third-order valence-electron chi connectivity index (χ3n) is 1.49. The third-order valence-corrected chi connectivity index (χ3v) is 2.19. The zero-order valence-corrected chi connectivity index (χ0v) is 6.92. The molecule has 0 bridgehead atoms. The van der Waals surface area contributed by atoms with E-state index in [2.05, 4.69) is 5.32 Å². The number of hydrogen-bond acceptors (Lipinski definition) is 3. The van der Waals surface area contributed by atoms with E-state index in [1.54, 1.807) is 4.90 Å². The summed E-state index contributed by atoms with van der Waals surface area (Å²) in [7, 11) is -3.84. The van der Waals surface area contributed by atoms with Gasteiger partial charge in [0, 0.05) is 26.2 Å². The summed E-state index contributed by atoms with van der Waals surface area (Å²) in [5.41, 5.74) is 0. The van der Waals surface area contributed by atoms with Crippen LogP contribution >= 0.6 is 0 Å². The highest BCUT2D eigenvalue weighted by Crippen LogP contribution is 1.95. The Bertz CT molecular complexity index is 208. The lowest BCUT2D eigenvalue weighted by molar-refractivity contribution is 0.264. The fraction of sp³-hybridized carbons (Fsp3) is 1.00. The molecule has 1 aliphatic heterocycles. The Kier molecular flexibility index (Phi) is 2.83. The molecule has 1 aliphatic rings. The van der Waals surface area contributed by atoms with Crippen LogP contribution in [0.1, 0.15) is 0 Å². The van der Waals surface area contributed by atoms with Crippen molar-refractivity contribution in [3.05, 3.63) is 0 Å². The van der Waals surface area contributed by atoms with Gasteiger partial charge in [-0.1, -0.05) is 0 Å². The van der Waals surface area contributed by atoms with E-state index >= 15 is 0 Å². The molecule has 0 aliphatic carbocycles. The molecule has 1 rings (SSSR count). The van der Waals surface area contributed by atoms with Crippen molar-refractivity contribution in [1.29, 1.82) is 0 Å². The summed E-state index contributed by atoms with van der Waals surface area (Å²) in [6.07, 6.45) is 0. The molecule has 0 unspecified atom stereocenters. The van der Waals surface area contributed by atoms with Gasteiger partial charge < -0.3 is 0 Å². The van der Waals surface area contributed by atoms with E-state index in [0.29, 0.717) is 26.2 Å². The van der Waals surface area contributed by atoms with E-state index in [-0.39, 0.29) is 5.88 Å². The van der Waals surface area contributed by atoms with Crippen molar-refractivity contribution in [1.82, 2.24) is 10.2 Å². The molecule has 0 amide bonds. The summed E-state index contributed by atoms with van der Waals surface area (Å²) < 4.78 is 29.2. The lowest BCUT2D eigenvalue weighted by atomic mass is 10.4. The molecule has 0 atom stereocenters. The first kappa shape index (κ1) is 8.92. The average molecular weight is 179 g/mol. The van der Waals surface area contributed by atoms with Crippen molar-refractivity contribution in [2.24, 2.45) is 0 Å². The Morgan fingerprint density at radius 3 is 2.36 bits per heavy atom. The maximum Gasteiger partial charge on any atom is 0.278 e. The van der Waals surface area contributed by atoms with Gasteiger partial charge in [0.1, 0.15) is 5.88 Å². The van der Waals surface area contributed by atoms with Crippen LogP contribution in [0.25, 0.3) is 0 Å². The summed E-state index contributed by atoms with van der Waals surface area (Å²) in [6, 6.07) is 0. The summed E-state index contributed by atoms with van der Waals surface area (Å²) in [5, 5.41) is 4.04. The van der Waals surface area contributed by atoms with E-state index < -0.39 is 10.1 Å². The van der Waals surface area contributed by atoms with Gasteiger partial charge in [0.25, 0.3) is 10.1 Å². The third kappa shape index (κ3) is 3.66. The van der Waals surface area contributed by atoms with Crippen molar-refractivity contribution in [2.45, 2.75) is 0 Å². The molecule has 6 heteroatoms. The van der Waals surface area contributed by atoms with Crippen LogP contribution in [0.5, 0.6) is 0 Å². The van der Waals surface area contributed by atoms with E-state index in [1.807, 2.05) is 0 Å². The summed E-state index contributed by atoms with van der Waals surface area (Å²) in [5.74, 6) is -0.261. The standard InChI is InChI=1S/C5H11N2O3S/c8-11(9,10)5-7-3-1-6-2-4-7/h1-5H2,(H,8,9,10). The second-order valence-corrected chi connectivity index (χ2v) is 3.92. The number of piperazine rings is 1. The smallest absolute Gasteiger partial charge is 0.278 e. The summed E-state index contributed by atoms with van der Waals surface area (Å²) in [4.78, 5) is 1.67. The Hall–Kier alpha value is -0.170. The van der Waals surface area contributed by atoms with E-state index in [4.69, 9.17) is 4.55 Å². The van der Waals surface area contributed by atoms with Crippen LogP contribution in [0.4, 0.5) is 0 Å². The largest absolute Gasteiger partial charge is 0.285 e. The normalized spacial score (nSPS) is 21.9. The van der Waals surface area contributed by atoms with Gasteiger partial charge in [-0.05, 0) is 0 Å². The van der Waals surface area contributed by atoms with E-state index in [9.17, 15) is 8.42 Å². The van der Waals surface area contributed by atoms with Crippen LogP contribution < -0.4 is 5.32 Å². The maximum absolute atomic E-state index is 10.4. The van der Waals surface area contributed by atoms with Crippen LogP contribution in [0.3, 0.4) is 0 Å². The lowest BCUT2D eigenvalue weighted by Crippen LogP contribution is -2.42. The fourth-order valence-corrected chi connectivity index (χ4v) is 1.73. The molecule has 65 valence electrons. The summed E-state index contributed by atoms with van der Waals surface area (Å²) >= 11 is 0. The average Bonchev–Trinajstić information content (AvgIpc) is 1.85. The van der Waals surface area contributed by atoms with Gasteiger partial charge in [-0.2, -0.15) is 8.42 Å². The molecular formula is C5H11N2O3S. The molecule has 0 saturated carbocycles. The second-order valence-electron chi connectivity index (χ2n) is 2.50. The molecule has 0 aromatic heterocycles. The Balaban J connectivity index is 2.36. The van der Waals surface area contributed by atoms with Gasteiger partial charge in [-0.3, -0.25) is 9.45 Å². The molecule has 1 fully saturated rings. The molecule has 1 heterocycles. The molecular weight excluding hydrogens is 168 g/mol. The maximum atomic E-state index is 10.4. The SMILES string of the molecule is O=S(=O)(O)CN1CC[N]CC1. The Morgan fingerprint density at radius 1 is 1.36 bits per heavy atom. The molecule has 0 aromatic carbocycles. The molecule has 1 N–H and O–H groups in total. The highest BCUT2D eigenvalue weighted by Gasteiger charge is 2.15. The number of hydrogen-bond donors (Lipinski definition) is 1. The molecule has 1 saturated heterocycles. The van der Waals surface area contributed by atoms with Crippen LogP contribution in [-0.4, -0.2) is 49.9 Å². The van der Waals surface area contributed by atoms with Crippen LogP contribution in [-0.2, 0) is 10.1 Å². The number of nitrogens with zero attached hydrogens (tertiary/aromatic N) is 2. The minimum Gasteiger partial charge on any atom is -0.285 e. The van der Waals surface area contributed by atoms with Crippen LogP contribution in [0.15, 0.2) is 0 Å². The van der Waals surface area contributed by atoms with E-state index in [1.165, 1.54) is 0 Å². The highest BCUT2D eigenvalue weighted by molar-refractivity contribution is 7.85. The van der Waals surface area contributed by atoms with Crippen molar-refractivity contribution < 1.29 is 13.0 Å². The number of rotatable bonds is 2. The van der Waals surface area contributed by atoms with Gasteiger partial charge in [0.05, 0.1) is 0 Å². The Labute approximate surface area is 66.1 Å². The van der Waals surface area contributed by atoms with Gasteiger partial charge in [0.15, 0.2) is 0 Å². The predicted molar refractivity (Wildman–Crippen MR) is 39.9 cm³/mol. The molecule has 0 aromatic rings. The first-order valence-corrected chi connectivity index (χ1v) is 4.99. The second kappa shape index (κ2) is 3.48. The lowest BCUT2D eigenvalue weighted by Gasteiger charge is -2.24. The van der Waals surface area contributed by atoms with Crippen molar-refractivity contribution in [3.8, 4) is 0 Å². The monoisotopic (exact) mass is 179 g/mol. The van der Waals surface area contributed by atoms with Gasteiger partial charge in [-0.15, -0.1) is 0 Å². The topological polar surface area (TPSA) is 71.7 Å². The first-order valence-electron chi connectivity index (χ1n) is 3.39. The van der Waals surface area contributed by atoms with Crippen molar-refractivity contribution >= 4 is 10.1 Å². The molecule has 1 radical (unpaired) electrons. The summed E-state index contributed by atoms with van der Waals surface area (Å²) in [6.45, 7) is 2.57. The first-order chi connectivity index (χ1) is 5.08. The minimum absolute atomic E-state index is 0.261. The molecule has 11 heavy (non-hydrogen) atoms. The Morgan fingerprint density at radius 2 is 1.91 bits per heavy atom. The highest BCUT2D eigenvalue weighted by atomic mass is 32.2. The zero-order valence-electron chi connectivity index (χ0n) is 6.10. The fourth-order valence-electron chi connectivity index (χ4n) is 1.01. The van der Waals surface area contributed by atoms with Crippen LogP contribution in [0, 0.1) is 0 Å². The predicted octanol–water partition coefficient (Wildman–Crippen LogP) is -1.25. The minimum atomic E-state index is -3.84. The van der Waals surface area contributed by atoms with Crippen LogP contribution in [0.2, 0.25) is 0 Å². The van der Waals surface area contributed by atoms with E-state index in [0.717, 1.165) is 0 Å². The van der Waals surface area contributed by atoms with Crippen molar-refractivity contribution in [3.63, 3.8) is 0 Å². The van der Waals surface area contributed by atoms with Gasteiger partial charge in [-0.25, -0.2) is 5.32 Å². The van der Waals surface area contributed by atoms with Gasteiger partial charge >= 0.3 is 0 Å². The molecule has 5 nitrogen and oxygen atoms in total. The molecule has 0 spiro atoms. The van der Waals surface area contributed by atoms with Gasteiger partial charge in [0.2, 0.25) is 0 Å². The van der Waals surface area contributed by atoms with Crippen molar-refractivity contribution in [2.75, 3.05) is 32.1 Å².